The van der Waals surface area contributed by atoms with Crippen LogP contribution in [0.5, 0.6) is 17.2 Å². The van der Waals surface area contributed by atoms with Crippen LogP contribution in [0.1, 0.15) is 49.1 Å². The standard InChI is InChI=1S/C31H31NO6/c1-31(2,3)22-10-7-20(8-11-22)27-26(28(33)21-9-14-24-25(17-21)38-16-15-37-24)29(34)30(35)32(27)18-19-5-12-23(36-4)13-6-19/h5-14,17,27,33H,15-16,18H2,1-4H3/b28-26-. The molecule has 38 heavy (non-hydrogen) atoms. The van der Waals surface area contributed by atoms with E-state index >= 15 is 0 Å². The van der Waals surface area contributed by atoms with Gasteiger partial charge in [-0.25, -0.2) is 0 Å². The highest BCUT2D eigenvalue weighted by atomic mass is 16.6. The fourth-order valence-corrected chi connectivity index (χ4v) is 4.83. The van der Waals surface area contributed by atoms with Crippen LogP contribution in [0.4, 0.5) is 0 Å². The SMILES string of the molecule is COc1ccc(CN2C(=O)C(=O)/C(=C(\O)c3ccc4c(c3)OCCO4)C2c2ccc(C(C)(C)C)cc2)cc1. The number of aliphatic hydroxyl groups is 1. The van der Waals surface area contributed by atoms with E-state index in [2.05, 4.69) is 20.8 Å². The summed E-state index contributed by atoms with van der Waals surface area (Å²) in [4.78, 5) is 28.3. The van der Waals surface area contributed by atoms with Crippen molar-refractivity contribution in [3.05, 3.63) is 94.6 Å². The lowest BCUT2D eigenvalue weighted by Gasteiger charge is -2.27. The van der Waals surface area contributed by atoms with E-state index in [0.717, 1.165) is 16.7 Å². The highest BCUT2D eigenvalue weighted by Gasteiger charge is 2.46. The Labute approximate surface area is 222 Å². The lowest BCUT2D eigenvalue weighted by Crippen LogP contribution is -2.29. The fraction of sp³-hybridized carbons (Fsp3) is 0.290. The van der Waals surface area contributed by atoms with Crippen LogP contribution >= 0.6 is 0 Å². The number of carbonyl (C=O) groups excluding carboxylic acids is 2. The van der Waals surface area contributed by atoms with Crippen molar-refractivity contribution >= 4 is 17.4 Å². The number of Topliss-reactive ketones (excluding diaryl/α,β-unsaturated/α-hetero) is 1. The molecule has 5 rings (SSSR count). The first kappa shape index (κ1) is 25.4. The lowest BCUT2D eigenvalue weighted by atomic mass is 9.85. The van der Waals surface area contributed by atoms with Gasteiger partial charge in [-0.3, -0.25) is 9.59 Å². The molecule has 1 atom stereocenters. The number of fused-ring (bicyclic) bond motifs is 1. The average molecular weight is 514 g/mol. The van der Waals surface area contributed by atoms with Gasteiger partial charge >= 0.3 is 0 Å². The first-order valence-corrected chi connectivity index (χ1v) is 12.6. The fourth-order valence-electron chi connectivity index (χ4n) is 4.83. The van der Waals surface area contributed by atoms with Crippen LogP contribution < -0.4 is 14.2 Å². The van der Waals surface area contributed by atoms with Crippen molar-refractivity contribution in [1.29, 1.82) is 0 Å². The molecule has 2 aliphatic heterocycles. The maximum Gasteiger partial charge on any atom is 0.295 e. The highest BCUT2D eigenvalue weighted by molar-refractivity contribution is 6.46. The van der Waals surface area contributed by atoms with E-state index in [1.807, 2.05) is 48.5 Å². The first-order valence-electron chi connectivity index (χ1n) is 12.6. The number of carbonyl (C=O) groups is 2. The summed E-state index contributed by atoms with van der Waals surface area (Å²) >= 11 is 0. The van der Waals surface area contributed by atoms with Gasteiger partial charge in [-0.15, -0.1) is 0 Å². The molecular formula is C31H31NO6. The zero-order valence-electron chi connectivity index (χ0n) is 22.0. The molecule has 3 aromatic rings. The molecule has 1 unspecified atom stereocenters. The Morgan fingerprint density at radius 1 is 0.947 bits per heavy atom. The van der Waals surface area contributed by atoms with Gasteiger partial charge in [-0.2, -0.15) is 0 Å². The summed E-state index contributed by atoms with van der Waals surface area (Å²) < 4.78 is 16.5. The summed E-state index contributed by atoms with van der Waals surface area (Å²) in [6.45, 7) is 7.40. The summed E-state index contributed by atoms with van der Waals surface area (Å²) in [6, 6.07) is 19.5. The third-order valence-corrected chi connectivity index (χ3v) is 6.96. The second-order valence-electron chi connectivity index (χ2n) is 10.5. The van der Waals surface area contributed by atoms with E-state index in [0.29, 0.717) is 36.0 Å². The van der Waals surface area contributed by atoms with E-state index in [4.69, 9.17) is 14.2 Å². The van der Waals surface area contributed by atoms with Crippen LogP contribution in [-0.2, 0) is 21.5 Å². The number of aliphatic hydroxyl groups excluding tert-OH is 1. The first-order chi connectivity index (χ1) is 18.2. The Bertz CT molecular complexity index is 1400. The van der Waals surface area contributed by atoms with E-state index in [-0.39, 0.29) is 23.3 Å². The van der Waals surface area contributed by atoms with Gasteiger partial charge in [0.15, 0.2) is 11.5 Å². The molecule has 1 fully saturated rings. The topological polar surface area (TPSA) is 85.3 Å². The van der Waals surface area contributed by atoms with Gasteiger partial charge in [0.25, 0.3) is 11.7 Å². The summed E-state index contributed by atoms with van der Waals surface area (Å²) in [5, 5.41) is 11.4. The summed E-state index contributed by atoms with van der Waals surface area (Å²) in [5.74, 6) is 0.118. The molecule has 2 heterocycles. The predicted molar refractivity (Wildman–Crippen MR) is 143 cm³/mol. The zero-order valence-corrected chi connectivity index (χ0v) is 22.0. The number of hydrogen-bond donors (Lipinski definition) is 1. The van der Waals surface area contributed by atoms with Crippen LogP contribution in [0.3, 0.4) is 0 Å². The average Bonchev–Trinajstić information content (AvgIpc) is 3.17. The third kappa shape index (κ3) is 4.72. The van der Waals surface area contributed by atoms with Gasteiger partial charge in [0.2, 0.25) is 0 Å². The Balaban J connectivity index is 1.61. The van der Waals surface area contributed by atoms with E-state index in [1.54, 1.807) is 25.3 Å². The Kier molecular flexibility index (Phi) is 6.61. The molecule has 1 amide bonds. The molecular weight excluding hydrogens is 482 g/mol. The number of ether oxygens (including phenoxy) is 3. The molecule has 1 N–H and O–H groups in total. The minimum absolute atomic E-state index is 0.0451. The molecule has 0 aromatic heterocycles. The van der Waals surface area contributed by atoms with Crippen molar-refractivity contribution < 1.29 is 28.9 Å². The number of benzene rings is 3. The Morgan fingerprint density at radius 3 is 2.24 bits per heavy atom. The summed E-state index contributed by atoms with van der Waals surface area (Å²) in [6.07, 6.45) is 0. The molecule has 3 aromatic carbocycles. The van der Waals surface area contributed by atoms with Gasteiger partial charge < -0.3 is 24.2 Å². The maximum absolute atomic E-state index is 13.4. The second kappa shape index (κ2) is 9.89. The molecule has 1 saturated heterocycles. The maximum atomic E-state index is 13.4. The van der Waals surface area contributed by atoms with Crippen molar-refractivity contribution in [2.24, 2.45) is 0 Å². The number of likely N-dealkylation sites (tertiary alicyclic amines) is 1. The smallest absolute Gasteiger partial charge is 0.295 e. The number of nitrogens with zero attached hydrogens (tertiary/aromatic N) is 1. The van der Waals surface area contributed by atoms with Crippen LogP contribution in [0.2, 0.25) is 0 Å². The number of ketones is 1. The van der Waals surface area contributed by atoms with Crippen LogP contribution in [0.15, 0.2) is 72.3 Å². The molecule has 0 saturated carbocycles. The summed E-state index contributed by atoms with van der Waals surface area (Å²) in [5.41, 5.74) is 3.07. The van der Waals surface area contributed by atoms with Crippen molar-refractivity contribution in [3.8, 4) is 17.2 Å². The highest BCUT2D eigenvalue weighted by Crippen LogP contribution is 2.42. The van der Waals surface area contributed by atoms with Gasteiger partial charge in [0.1, 0.15) is 24.7 Å². The molecule has 0 radical (unpaired) electrons. The monoisotopic (exact) mass is 513 g/mol. The number of hydrogen-bond acceptors (Lipinski definition) is 6. The largest absolute Gasteiger partial charge is 0.507 e. The van der Waals surface area contributed by atoms with Crippen LogP contribution in [-0.4, -0.2) is 42.0 Å². The summed E-state index contributed by atoms with van der Waals surface area (Å²) in [7, 11) is 1.59. The third-order valence-electron chi connectivity index (χ3n) is 6.96. The lowest BCUT2D eigenvalue weighted by molar-refractivity contribution is -0.140. The normalized spacial score (nSPS) is 18.5. The molecule has 0 bridgehead atoms. The van der Waals surface area contributed by atoms with Crippen molar-refractivity contribution in [2.75, 3.05) is 20.3 Å². The van der Waals surface area contributed by atoms with E-state index in [1.165, 1.54) is 4.90 Å². The minimum Gasteiger partial charge on any atom is -0.507 e. The van der Waals surface area contributed by atoms with Gasteiger partial charge in [-0.05, 0) is 52.4 Å². The molecule has 7 nitrogen and oxygen atoms in total. The molecule has 196 valence electrons. The van der Waals surface area contributed by atoms with Crippen LogP contribution in [0, 0.1) is 0 Å². The van der Waals surface area contributed by atoms with Gasteiger partial charge in [0.05, 0.1) is 18.7 Å². The molecule has 0 aliphatic carbocycles. The number of rotatable bonds is 5. The zero-order chi connectivity index (χ0) is 27.0. The van der Waals surface area contributed by atoms with Gasteiger partial charge in [-0.1, -0.05) is 57.2 Å². The van der Waals surface area contributed by atoms with Gasteiger partial charge in [0, 0.05) is 12.1 Å². The van der Waals surface area contributed by atoms with Crippen LogP contribution in [0.25, 0.3) is 5.76 Å². The molecule has 0 spiro atoms. The Hall–Kier alpha value is -4.26. The Morgan fingerprint density at radius 2 is 1.61 bits per heavy atom. The second-order valence-corrected chi connectivity index (χ2v) is 10.5. The quantitative estimate of drug-likeness (QED) is 0.280. The predicted octanol–water partition coefficient (Wildman–Crippen LogP) is 5.39. The van der Waals surface area contributed by atoms with Crippen molar-refractivity contribution in [1.82, 2.24) is 4.90 Å². The van der Waals surface area contributed by atoms with E-state index < -0.39 is 17.7 Å². The number of methoxy groups -OCH3 is 1. The van der Waals surface area contributed by atoms with Crippen molar-refractivity contribution in [3.63, 3.8) is 0 Å². The molecule has 7 heteroatoms. The van der Waals surface area contributed by atoms with E-state index in [9.17, 15) is 14.7 Å². The van der Waals surface area contributed by atoms with Crippen molar-refractivity contribution in [2.45, 2.75) is 38.8 Å². The minimum atomic E-state index is -0.765. The molecule has 2 aliphatic rings. The number of amides is 1.